The van der Waals surface area contributed by atoms with Gasteiger partial charge in [0.15, 0.2) is 0 Å². The van der Waals surface area contributed by atoms with Crippen molar-refractivity contribution >= 4 is 23.7 Å². The van der Waals surface area contributed by atoms with E-state index in [0.29, 0.717) is 5.02 Å². The first kappa shape index (κ1) is 23.6. The average Bonchev–Trinajstić information content (AvgIpc) is 3.00. The Kier molecular flexibility index (Phi) is 7.09. The Morgan fingerprint density at radius 1 is 1.12 bits per heavy atom. The molecule has 1 heterocycles. The number of nitrogens with one attached hydrogen (secondary N) is 1. The Hall–Kier alpha value is -3.05. The molecule has 1 aromatic heterocycles. The number of aryl methyl sites for hydroxylation is 1. The minimum absolute atomic E-state index is 0.0899. The van der Waals surface area contributed by atoms with Crippen molar-refractivity contribution < 1.29 is 9.53 Å². The van der Waals surface area contributed by atoms with E-state index in [0.717, 1.165) is 34.0 Å². The number of hydrogen-bond acceptors (Lipinski definition) is 3. The van der Waals surface area contributed by atoms with E-state index >= 15 is 0 Å². The molecule has 3 aromatic rings. The SMILES string of the molecule is COc1ccc(Cl)cc1-n1c(C)cc(/C=N\NC(=O)Cc2ccc(C(C)(C)C)cc2)c1C. The number of hydrogen-bond donors (Lipinski definition) is 1. The number of rotatable bonds is 6. The van der Waals surface area contributed by atoms with Crippen molar-refractivity contribution in [3.8, 4) is 11.4 Å². The zero-order valence-corrected chi connectivity index (χ0v) is 20.2. The van der Waals surface area contributed by atoms with Crippen molar-refractivity contribution in [2.45, 2.75) is 46.5 Å². The van der Waals surface area contributed by atoms with Gasteiger partial charge in [0.05, 0.1) is 25.4 Å². The van der Waals surface area contributed by atoms with E-state index in [1.54, 1.807) is 19.4 Å². The van der Waals surface area contributed by atoms with Crippen LogP contribution in [0, 0.1) is 13.8 Å². The molecule has 0 saturated heterocycles. The largest absolute Gasteiger partial charge is 0.495 e. The van der Waals surface area contributed by atoms with Crippen LogP contribution in [0.3, 0.4) is 0 Å². The number of carbonyl (C=O) groups excluding carboxylic acids is 1. The van der Waals surface area contributed by atoms with Crippen molar-refractivity contribution in [2.24, 2.45) is 5.10 Å². The predicted octanol–water partition coefficient (Wildman–Crippen LogP) is 5.75. The second kappa shape index (κ2) is 9.61. The van der Waals surface area contributed by atoms with E-state index in [9.17, 15) is 4.79 Å². The molecule has 0 saturated carbocycles. The fourth-order valence-corrected chi connectivity index (χ4v) is 3.81. The van der Waals surface area contributed by atoms with Gasteiger partial charge in [0.1, 0.15) is 5.75 Å². The summed E-state index contributed by atoms with van der Waals surface area (Å²) in [4.78, 5) is 12.3. The second-order valence-electron chi connectivity index (χ2n) is 8.89. The Morgan fingerprint density at radius 2 is 1.81 bits per heavy atom. The number of nitrogens with zero attached hydrogens (tertiary/aromatic N) is 2. The first-order chi connectivity index (χ1) is 15.1. The third-order valence-corrected chi connectivity index (χ3v) is 5.66. The second-order valence-corrected chi connectivity index (χ2v) is 9.33. The van der Waals surface area contributed by atoms with Gasteiger partial charge in [-0.1, -0.05) is 56.6 Å². The molecule has 0 aliphatic rings. The number of hydrazone groups is 1. The standard InChI is InChI=1S/C26H30ClN3O2/c1-17-13-20(18(2)30(17)23-15-22(27)11-12-24(23)32-6)16-28-29-25(31)14-19-7-9-21(10-8-19)26(3,4)5/h7-13,15-16H,14H2,1-6H3,(H,29,31)/b28-16-. The fourth-order valence-electron chi connectivity index (χ4n) is 3.65. The molecular formula is C26H30ClN3O2. The van der Waals surface area contributed by atoms with Crippen molar-refractivity contribution in [2.75, 3.05) is 7.11 Å². The maximum absolute atomic E-state index is 12.3. The summed E-state index contributed by atoms with van der Waals surface area (Å²) in [7, 11) is 1.63. The first-order valence-electron chi connectivity index (χ1n) is 10.5. The Labute approximate surface area is 195 Å². The number of ether oxygens (including phenoxy) is 1. The molecule has 3 rings (SSSR count). The number of aromatic nitrogens is 1. The zero-order valence-electron chi connectivity index (χ0n) is 19.5. The lowest BCUT2D eigenvalue weighted by Crippen LogP contribution is -2.20. The molecule has 1 amide bonds. The van der Waals surface area contributed by atoms with E-state index in [4.69, 9.17) is 16.3 Å². The molecular weight excluding hydrogens is 422 g/mol. The highest BCUT2D eigenvalue weighted by Crippen LogP contribution is 2.30. The minimum atomic E-state index is -0.157. The Balaban J connectivity index is 1.71. The smallest absolute Gasteiger partial charge is 0.244 e. The van der Waals surface area contributed by atoms with Crippen LogP contribution < -0.4 is 10.2 Å². The number of benzene rings is 2. The summed E-state index contributed by atoms with van der Waals surface area (Å²) in [6.07, 6.45) is 1.94. The van der Waals surface area contributed by atoms with Crippen LogP contribution in [0.4, 0.5) is 0 Å². The highest BCUT2D eigenvalue weighted by molar-refractivity contribution is 6.30. The fraction of sp³-hybridized carbons (Fsp3) is 0.308. The molecule has 32 heavy (non-hydrogen) atoms. The van der Waals surface area contributed by atoms with E-state index in [-0.39, 0.29) is 17.7 Å². The molecule has 1 N–H and O–H groups in total. The summed E-state index contributed by atoms with van der Waals surface area (Å²) in [6, 6.07) is 15.7. The predicted molar refractivity (Wildman–Crippen MR) is 131 cm³/mol. The van der Waals surface area contributed by atoms with E-state index in [1.165, 1.54) is 5.56 Å². The van der Waals surface area contributed by atoms with Gasteiger partial charge < -0.3 is 9.30 Å². The molecule has 0 bridgehead atoms. The lowest BCUT2D eigenvalue weighted by Gasteiger charge is -2.19. The monoisotopic (exact) mass is 451 g/mol. The van der Waals surface area contributed by atoms with Crippen LogP contribution in [-0.4, -0.2) is 23.8 Å². The van der Waals surface area contributed by atoms with Gasteiger partial charge in [-0.25, -0.2) is 5.43 Å². The highest BCUT2D eigenvalue weighted by atomic mass is 35.5. The van der Waals surface area contributed by atoms with E-state index < -0.39 is 0 Å². The van der Waals surface area contributed by atoms with Crippen LogP contribution in [0.15, 0.2) is 53.6 Å². The van der Waals surface area contributed by atoms with Crippen LogP contribution >= 0.6 is 11.6 Å². The lowest BCUT2D eigenvalue weighted by atomic mass is 9.86. The Bertz CT molecular complexity index is 1140. The Morgan fingerprint density at radius 3 is 2.44 bits per heavy atom. The summed E-state index contributed by atoms with van der Waals surface area (Å²) in [5, 5.41) is 4.80. The summed E-state index contributed by atoms with van der Waals surface area (Å²) < 4.78 is 7.56. The van der Waals surface area contributed by atoms with Gasteiger partial charge in [-0.2, -0.15) is 5.10 Å². The molecule has 0 fully saturated rings. The molecule has 0 aliphatic heterocycles. The van der Waals surface area contributed by atoms with Gasteiger partial charge in [0.25, 0.3) is 0 Å². The third-order valence-electron chi connectivity index (χ3n) is 5.43. The quantitative estimate of drug-likeness (QED) is 0.383. The number of amides is 1. The van der Waals surface area contributed by atoms with E-state index in [2.05, 4.69) is 48.0 Å². The highest BCUT2D eigenvalue weighted by Gasteiger charge is 2.15. The van der Waals surface area contributed by atoms with Gasteiger partial charge in [-0.05, 0) is 54.7 Å². The molecule has 0 unspecified atom stereocenters. The molecule has 168 valence electrons. The minimum Gasteiger partial charge on any atom is -0.495 e. The lowest BCUT2D eigenvalue weighted by molar-refractivity contribution is -0.120. The number of halogens is 1. The topological polar surface area (TPSA) is 55.6 Å². The molecule has 2 aromatic carbocycles. The normalized spacial score (nSPS) is 11.7. The average molecular weight is 452 g/mol. The molecule has 0 radical (unpaired) electrons. The zero-order chi connectivity index (χ0) is 23.5. The molecule has 0 spiro atoms. The van der Waals surface area contributed by atoms with Gasteiger partial charge >= 0.3 is 0 Å². The van der Waals surface area contributed by atoms with Crippen LogP contribution in [-0.2, 0) is 16.6 Å². The molecule has 5 nitrogen and oxygen atoms in total. The maximum Gasteiger partial charge on any atom is 0.244 e. The summed E-state index contributed by atoms with van der Waals surface area (Å²) in [6.45, 7) is 10.5. The van der Waals surface area contributed by atoms with Gasteiger partial charge in [0, 0.05) is 22.0 Å². The van der Waals surface area contributed by atoms with Crippen molar-refractivity contribution in [1.29, 1.82) is 0 Å². The third kappa shape index (κ3) is 5.40. The van der Waals surface area contributed by atoms with Crippen LogP contribution in [0.1, 0.15) is 48.8 Å². The summed E-state index contributed by atoms with van der Waals surface area (Å²) in [5.41, 5.74) is 8.66. The van der Waals surface area contributed by atoms with Gasteiger partial charge in [0.2, 0.25) is 5.91 Å². The molecule has 6 heteroatoms. The van der Waals surface area contributed by atoms with Crippen LogP contribution in [0.2, 0.25) is 5.02 Å². The molecule has 0 aliphatic carbocycles. The van der Waals surface area contributed by atoms with E-state index in [1.807, 2.05) is 44.2 Å². The molecule has 0 atom stereocenters. The van der Waals surface area contributed by atoms with Crippen molar-refractivity contribution in [1.82, 2.24) is 9.99 Å². The summed E-state index contributed by atoms with van der Waals surface area (Å²) >= 11 is 6.21. The van der Waals surface area contributed by atoms with Gasteiger partial charge in [-0.15, -0.1) is 0 Å². The van der Waals surface area contributed by atoms with Gasteiger partial charge in [-0.3, -0.25) is 4.79 Å². The van der Waals surface area contributed by atoms with Crippen molar-refractivity contribution in [3.63, 3.8) is 0 Å². The van der Waals surface area contributed by atoms with Crippen LogP contribution in [0.5, 0.6) is 5.75 Å². The first-order valence-corrected chi connectivity index (χ1v) is 10.9. The van der Waals surface area contributed by atoms with Crippen LogP contribution in [0.25, 0.3) is 5.69 Å². The van der Waals surface area contributed by atoms with Crippen molar-refractivity contribution in [3.05, 3.63) is 81.6 Å². The number of methoxy groups -OCH3 is 1. The number of carbonyl (C=O) groups is 1. The summed E-state index contributed by atoms with van der Waals surface area (Å²) in [5.74, 6) is 0.570. The maximum atomic E-state index is 12.3.